The summed E-state index contributed by atoms with van der Waals surface area (Å²) in [5.41, 5.74) is 1.43. The van der Waals surface area contributed by atoms with Gasteiger partial charge >= 0.3 is 0 Å². The third-order valence-corrected chi connectivity index (χ3v) is 5.91. The minimum Gasteiger partial charge on any atom is -0.302 e. The molecule has 6 nitrogen and oxygen atoms in total. The summed E-state index contributed by atoms with van der Waals surface area (Å²) in [6, 6.07) is 3.64. The normalized spacial score (nSPS) is 23.7. The Bertz CT molecular complexity index is 713. The van der Waals surface area contributed by atoms with E-state index in [2.05, 4.69) is 0 Å². The molecule has 0 saturated carbocycles. The molecule has 0 aromatic heterocycles. The minimum atomic E-state index is -0.938. The lowest BCUT2D eigenvalue weighted by molar-refractivity contribution is -0.219. The monoisotopic (exact) mass is 366 g/mol. The van der Waals surface area contributed by atoms with Gasteiger partial charge in [0.1, 0.15) is 11.5 Å². The molecule has 136 valence electrons. The second-order valence-electron chi connectivity index (χ2n) is 6.66. The number of hydroxylamine groups is 4. The van der Waals surface area contributed by atoms with Crippen LogP contribution >= 0.6 is 11.6 Å². The van der Waals surface area contributed by atoms with Gasteiger partial charge in [0.25, 0.3) is 5.91 Å². The zero-order chi connectivity index (χ0) is 18.4. The van der Waals surface area contributed by atoms with Crippen LogP contribution in [-0.4, -0.2) is 54.7 Å². The average Bonchev–Trinajstić information content (AvgIpc) is 2.80. The fraction of sp³-hybridized carbons (Fsp3) is 0.556. The molecule has 1 atom stereocenters. The molecule has 2 fully saturated rings. The summed E-state index contributed by atoms with van der Waals surface area (Å²) >= 11 is 6.25. The molecule has 1 spiro atoms. The van der Waals surface area contributed by atoms with Gasteiger partial charge in [0.05, 0.1) is 14.2 Å². The van der Waals surface area contributed by atoms with E-state index in [-0.39, 0.29) is 11.7 Å². The van der Waals surface area contributed by atoms with Crippen molar-refractivity contribution in [1.82, 2.24) is 10.1 Å². The fourth-order valence-electron chi connectivity index (χ4n) is 4.10. The number of aryl methyl sites for hydroxylation is 1. The molecule has 1 amide bonds. The number of benzene rings is 1. The summed E-state index contributed by atoms with van der Waals surface area (Å²) in [5, 5.41) is 3.63. The van der Waals surface area contributed by atoms with Crippen LogP contribution < -0.4 is 0 Å². The van der Waals surface area contributed by atoms with Crippen molar-refractivity contribution in [3.8, 4) is 0 Å². The first kappa shape index (κ1) is 18.3. The van der Waals surface area contributed by atoms with Crippen LogP contribution in [0.2, 0.25) is 5.02 Å². The zero-order valence-electron chi connectivity index (χ0n) is 15.0. The van der Waals surface area contributed by atoms with Gasteiger partial charge < -0.3 is 4.84 Å². The maximum Gasteiger partial charge on any atom is 0.262 e. The zero-order valence-corrected chi connectivity index (χ0v) is 15.7. The Morgan fingerprint density at radius 2 is 1.76 bits per heavy atom. The first-order chi connectivity index (χ1) is 11.9. The summed E-state index contributed by atoms with van der Waals surface area (Å²) in [4.78, 5) is 37.1. The highest BCUT2D eigenvalue weighted by Crippen LogP contribution is 2.45. The Balaban J connectivity index is 2.06. The van der Waals surface area contributed by atoms with Crippen molar-refractivity contribution in [3.63, 3.8) is 0 Å². The molecule has 1 unspecified atom stereocenters. The number of rotatable bonds is 3. The standard InChI is InChI=1S/C18H23ClN2O4/c1-11-5-6-13(19)12(2)14(11)15-16(22)18(21(25-4)17(15)23)7-9-20(24-3)10-8-18/h5-6,15H,7-10H2,1-4H3. The number of Topliss-reactive ketones (excluding diaryl/α,β-unsaturated/α-hetero) is 1. The Kier molecular flexibility index (Phi) is 4.90. The second-order valence-corrected chi connectivity index (χ2v) is 7.07. The highest BCUT2D eigenvalue weighted by Gasteiger charge is 2.60. The van der Waals surface area contributed by atoms with E-state index in [4.69, 9.17) is 21.3 Å². The van der Waals surface area contributed by atoms with Gasteiger partial charge in [-0.05, 0) is 49.4 Å². The predicted molar refractivity (Wildman–Crippen MR) is 93.1 cm³/mol. The molecule has 1 aromatic rings. The molecule has 25 heavy (non-hydrogen) atoms. The van der Waals surface area contributed by atoms with E-state index in [1.165, 1.54) is 12.2 Å². The first-order valence-corrected chi connectivity index (χ1v) is 8.72. The lowest BCUT2D eigenvalue weighted by Crippen LogP contribution is -2.55. The molecule has 2 aliphatic heterocycles. The van der Waals surface area contributed by atoms with E-state index in [0.717, 1.165) is 11.1 Å². The molecular weight excluding hydrogens is 344 g/mol. The molecule has 0 bridgehead atoms. The molecule has 0 aliphatic carbocycles. The van der Waals surface area contributed by atoms with Gasteiger partial charge in [-0.1, -0.05) is 17.7 Å². The van der Waals surface area contributed by atoms with Crippen molar-refractivity contribution < 1.29 is 19.3 Å². The van der Waals surface area contributed by atoms with E-state index >= 15 is 0 Å². The molecule has 2 aliphatic rings. The lowest BCUT2D eigenvalue weighted by Gasteiger charge is -2.40. The minimum absolute atomic E-state index is 0.108. The summed E-state index contributed by atoms with van der Waals surface area (Å²) in [6.45, 7) is 4.88. The van der Waals surface area contributed by atoms with Crippen LogP contribution in [-0.2, 0) is 19.3 Å². The van der Waals surface area contributed by atoms with Crippen molar-refractivity contribution in [2.45, 2.75) is 38.1 Å². The van der Waals surface area contributed by atoms with Gasteiger partial charge in [0, 0.05) is 18.1 Å². The Labute approximate surface area is 152 Å². The number of ketones is 1. The predicted octanol–water partition coefficient (Wildman–Crippen LogP) is 2.41. The maximum absolute atomic E-state index is 13.4. The van der Waals surface area contributed by atoms with Gasteiger partial charge in [0.15, 0.2) is 5.78 Å². The van der Waals surface area contributed by atoms with Crippen molar-refractivity contribution in [3.05, 3.63) is 33.8 Å². The van der Waals surface area contributed by atoms with Gasteiger partial charge in [0.2, 0.25) is 0 Å². The van der Waals surface area contributed by atoms with E-state index in [0.29, 0.717) is 36.5 Å². The fourth-order valence-corrected chi connectivity index (χ4v) is 4.26. The van der Waals surface area contributed by atoms with Gasteiger partial charge in [-0.3, -0.25) is 14.4 Å². The second kappa shape index (κ2) is 6.68. The highest BCUT2D eigenvalue weighted by molar-refractivity contribution is 6.31. The topological polar surface area (TPSA) is 59.1 Å². The number of amides is 1. The highest BCUT2D eigenvalue weighted by atomic mass is 35.5. The van der Waals surface area contributed by atoms with E-state index in [1.807, 2.05) is 19.9 Å². The maximum atomic E-state index is 13.4. The summed E-state index contributed by atoms with van der Waals surface area (Å²) in [6.07, 6.45) is 0.961. The first-order valence-electron chi connectivity index (χ1n) is 8.34. The smallest absolute Gasteiger partial charge is 0.262 e. The number of nitrogens with zero attached hydrogens (tertiary/aromatic N) is 2. The number of hydrogen-bond donors (Lipinski definition) is 0. The third kappa shape index (κ3) is 2.68. The van der Waals surface area contributed by atoms with Crippen molar-refractivity contribution in [2.24, 2.45) is 0 Å². The summed E-state index contributed by atoms with van der Waals surface area (Å²) < 4.78 is 0. The molecule has 1 aromatic carbocycles. The Hall–Kier alpha value is -1.47. The van der Waals surface area contributed by atoms with Gasteiger partial charge in [-0.2, -0.15) is 5.06 Å². The van der Waals surface area contributed by atoms with Crippen LogP contribution in [0.4, 0.5) is 0 Å². The van der Waals surface area contributed by atoms with Crippen LogP contribution in [0.25, 0.3) is 0 Å². The summed E-state index contributed by atoms with van der Waals surface area (Å²) in [5.74, 6) is -1.29. The largest absolute Gasteiger partial charge is 0.302 e. The molecule has 0 radical (unpaired) electrons. The molecule has 0 N–H and O–H groups in total. The number of hydrogen-bond acceptors (Lipinski definition) is 5. The molecule has 7 heteroatoms. The number of carbonyl (C=O) groups excluding carboxylic acids is 2. The van der Waals surface area contributed by atoms with Crippen LogP contribution in [0.3, 0.4) is 0 Å². The Morgan fingerprint density at radius 1 is 1.12 bits per heavy atom. The van der Waals surface area contributed by atoms with Crippen molar-refractivity contribution in [2.75, 3.05) is 27.3 Å². The molecular formula is C18H23ClN2O4. The lowest BCUT2D eigenvalue weighted by atomic mass is 9.79. The molecule has 2 heterocycles. The molecule has 2 saturated heterocycles. The average molecular weight is 367 g/mol. The summed E-state index contributed by atoms with van der Waals surface area (Å²) in [7, 11) is 3.05. The van der Waals surface area contributed by atoms with Crippen molar-refractivity contribution >= 4 is 23.3 Å². The number of carbonyl (C=O) groups is 2. The van der Waals surface area contributed by atoms with Gasteiger partial charge in [-0.15, -0.1) is 0 Å². The Morgan fingerprint density at radius 3 is 2.32 bits per heavy atom. The molecule has 3 rings (SSSR count). The van der Waals surface area contributed by atoms with Gasteiger partial charge in [-0.25, -0.2) is 5.06 Å². The van der Waals surface area contributed by atoms with Crippen LogP contribution in [0.15, 0.2) is 12.1 Å². The van der Waals surface area contributed by atoms with E-state index < -0.39 is 11.5 Å². The number of halogens is 1. The van der Waals surface area contributed by atoms with Crippen LogP contribution in [0.1, 0.15) is 35.4 Å². The van der Waals surface area contributed by atoms with Crippen LogP contribution in [0, 0.1) is 13.8 Å². The quantitative estimate of drug-likeness (QED) is 0.769. The SMILES string of the molecule is CON1CCC2(CC1)C(=O)C(c1c(C)ccc(Cl)c1C)C(=O)N2OC. The number of piperidine rings is 1. The van der Waals surface area contributed by atoms with E-state index in [9.17, 15) is 9.59 Å². The van der Waals surface area contributed by atoms with E-state index in [1.54, 1.807) is 18.2 Å². The third-order valence-electron chi connectivity index (χ3n) is 5.50. The van der Waals surface area contributed by atoms with Crippen LogP contribution in [0.5, 0.6) is 0 Å². The van der Waals surface area contributed by atoms with Crippen molar-refractivity contribution in [1.29, 1.82) is 0 Å².